The van der Waals surface area contributed by atoms with Crippen molar-refractivity contribution in [3.8, 4) is 17.0 Å². The van der Waals surface area contributed by atoms with E-state index in [-0.39, 0.29) is 18.4 Å². The van der Waals surface area contributed by atoms with Gasteiger partial charge in [0.2, 0.25) is 5.91 Å². The van der Waals surface area contributed by atoms with Gasteiger partial charge in [0, 0.05) is 37.3 Å². The van der Waals surface area contributed by atoms with E-state index in [0.29, 0.717) is 38.5 Å². The largest absolute Gasteiger partial charge is 0.488 e. The fourth-order valence-corrected chi connectivity index (χ4v) is 4.01. The quantitative estimate of drug-likeness (QED) is 0.667. The third-order valence-corrected chi connectivity index (χ3v) is 5.63. The molecule has 1 aromatic carbocycles. The molecule has 154 valence electrons. The number of aryl methyl sites for hydroxylation is 1. The molecule has 0 bridgehead atoms. The van der Waals surface area contributed by atoms with Crippen molar-refractivity contribution in [1.82, 2.24) is 19.6 Å². The van der Waals surface area contributed by atoms with Gasteiger partial charge in [-0.1, -0.05) is 11.6 Å². The molecule has 0 atom stereocenters. The fourth-order valence-electron chi connectivity index (χ4n) is 4.01. The monoisotopic (exact) mass is 406 g/mol. The van der Waals surface area contributed by atoms with Crippen LogP contribution in [-0.4, -0.2) is 57.6 Å². The van der Waals surface area contributed by atoms with Gasteiger partial charge in [0.05, 0.1) is 18.2 Å². The molecular weight excluding hydrogens is 384 g/mol. The Labute approximate surface area is 173 Å². The highest BCUT2D eigenvalue weighted by Gasteiger charge is 2.28. The number of benzene rings is 1. The number of carbonyl (C=O) groups excluding carboxylic acids is 2. The smallest absolute Gasteiger partial charge is 0.289 e. The average Bonchev–Trinajstić information content (AvgIpc) is 3.44. The van der Waals surface area contributed by atoms with Crippen LogP contribution in [0.4, 0.5) is 0 Å². The summed E-state index contributed by atoms with van der Waals surface area (Å²) in [6.45, 7) is 4.60. The number of nitrogens with zero attached hydrogens (tertiary/aromatic N) is 4. The topological polar surface area (TPSA) is 80.8 Å². The van der Waals surface area contributed by atoms with Crippen LogP contribution in [0.1, 0.15) is 21.7 Å². The molecule has 8 nitrogen and oxygen atoms in total. The van der Waals surface area contributed by atoms with E-state index in [1.807, 2.05) is 19.1 Å². The van der Waals surface area contributed by atoms with Crippen molar-refractivity contribution in [3.63, 3.8) is 0 Å². The van der Waals surface area contributed by atoms with Crippen LogP contribution in [0, 0.1) is 6.92 Å². The Balaban J connectivity index is 1.28. The van der Waals surface area contributed by atoms with Gasteiger partial charge < -0.3 is 19.0 Å². The lowest BCUT2D eigenvalue weighted by Crippen LogP contribution is -2.51. The van der Waals surface area contributed by atoms with E-state index < -0.39 is 0 Å². The Kier molecular flexibility index (Phi) is 4.54. The SMILES string of the molecule is Cc1ccc2c(c1)-c1c(cnn1CC(=O)N1CCN(C(=O)c3ccco3)CC1)CO2. The third-order valence-electron chi connectivity index (χ3n) is 5.63. The summed E-state index contributed by atoms with van der Waals surface area (Å²) in [5, 5.41) is 4.45. The number of furan rings is 1. The van der Waals surface area contributed by atoms with E-state index in [1.165, 1.54) is 6.26 Å². The van der Waals surface area contributed by atoms with Crippen LogP contribution in [0.5, 0.6) is 5.75 Å². The number of piperazine rings is 1. The van der Waals surface area contributed by atoms with Gasteiger partial charge >= 0.3 is 0 Å². The highest BCUT2D eigenvalue weighted by atomic mass is 16.5. The molecule has 2 amide bonds. The molecule has 30 heavy (non-hydrogen) atoms. The molecule has 0 aliphatic carbocycles. The molecule has 0 N–H and O–H groups in total. The minimum absolute atomic E-state index is 0.00769. The lowest BCUT2D eigenvalue weighted by Gasteiger charge is -2.34. The van der Waals surface area contributed by atoms with Crippen molar-refractivity contribution in [1.29, 1.82) is 0 Å². The van der Waals surface area contributed by atoms with E-state index in [9.17, 15) is 9.59 Å². The number of fused-ring (bicyclic) bond motifs is 3. The van der Waals surface area contributed by atoms with Crippen LogP contribution >= 0.6 is 0 Å². The van der Waals surface area contributed by atoms with Crippen molar-refractivity contribution in [3.05, 3.63) is 59.7 Å². The third kappa shape index (κ3) is 3.24. The molecule has 0 unspecified atom stereocenters. The number of aromatic nitrogens is 2. The summed E-state index contributed by atoms with van der Waals surface area (Å²) in [7, 11) is 0. The van der Waals surface area contributed by atoms with Crippen molar-refractivity contribution in [2.45, 2.75) is 20.1 Å². The standard InChI is InChI=1S/C22H22N4O4/c1-15-4-5-18-17(11-15)21-16(14-30-18)12-23-26(21)13-20(27)24-6-8-25(9-7-24)22(28)19-3-2-10-29-19/h2-5,10-12H,6-9,13-14H2,1H3. The second-order valence-corrected chi connectivity index (χ2v) is 7.61. The van der Waals surface area contributed by atoms with Crippen LogP contribution in [-0.2, 0) is 17.9 Å². The van der Waals surface area contributed by atoms with Gasteiger partial charge in [-0.3, -0.25) is 14.3 Å². The van der Waals surface area contributed by atoms with Gasteiger partial charge in [-0.05, 0) is 31.2 Å². The molecule has 2 aromatic heterocycles. The first kappa shape index (κ1) is 18.5. The molecule has 1 fully saturated rings. The van der Waals surface area contributed by atoms with Gasteiger partial charge in [0.25, 0.3) is 5.91 Å². The van der Waals surface area contributed by atoms with E-state index in [4.69, 9.17) is 9.15 Å². The summed E-state index contributed by atoms with van der Waals surface area (Å²) < 4.78 is 12.8. The highest BCUT2D eigenvalue weighted by Crippen LogP contribution is 2.37. The Morgan fingerprint density at radius 1 is 1.10 bits per heavy atom. The molecular formula is C22H22N4O4. The lowest BCUT2D eigenvalue weighted by atomic mass is 10.0. The van der Waals surface area contributed by atoms with Gasteiger partial charge in [0.1, 0.15) is 18.9 Å². The van der Waals surface area contributed by atoms with Crippen molar-refractivity contribution in [2.24, 2.45) is 0 Å². The molecule has 5 rings (SSSR count). The molecule has 2 aliphatic heterocycles. The lowest BCUT2D eigenvalue weighted by molar-refractivity contribution is -0.133. The predicted molar refractivity (Wildman–Crippen MR) is 108 cm³/mol. The fraction of sp³-hybridized carbons (Fsp3) is 0.318. The number of hydrogen-bond donors (Lipinski definition) is 0. The van der Waals surface area contributed by atoms with Gasteiger partial charge in [-0.15, -0.1) is 0 Å². The molecule has 0 radical (unpaired) electrons. The van der Waals surface area contributed by atoms with Gasteiger partial charge in [-0.2, -0.15) is 5.10 Å². The molecule has 4 heterocycles. The van der Waals surface area contributed by atoms with Crippen molar-refractivity contribution in [2.75, 3.05) is 26.2 Å². The van der Waals surface area contributed by atoms with Crippen molar-refractivity contribution >= 4 is 11.8 Å². The maximum absolute atomic E-state index is 12.9. The summed E-state index contributed by atoms with van der Waals surface area (Å²) in [6.07, 6.45) is 3.26. The number of hydrogen-bond acceptors (Lipinski definition) is 5. The molecule has 8 heteroatoms. The summed E-state index contributed by atoms with van der Waals surface area (Å²) in [6, 6.07) is 9.39. The summed E-state index contributed by atoms with van der Waals surface area (Å²) in [5.74, 6) is 0.994. The van der Waals surface area contributed by atoms with E-state index in [2.05, 4.69) is 11.2 Å². The zero-order chi connectivity index (χ0) is 20.7. The van der Waals surface area contributed by atoms with E-state index in [0.717, 1.165) is 28.1 Å². The summed E-state index contributed by atoms with van der Waals surface area (Å²) >= 11 is 0. The minimum Gasteiger partial charge on any atom is -0.488 e. The first-order valence-corrected chi connectivity index (χ1v) is 9.99. The zero-order valence-corrected chi connectivity index (χ0v) is 16.7. The average molecular weight is 406 g/mol. The first-order valence-electron chi connectivity index (χ1n) is 9.99. The van der Waals surface area contributed by atoms with E-state index in [1.54, 1.807) is 32.8 Å². The minimum atomic E-state index is -0.139. The summed E-state index contributed by atoms with van der Waals surface area (Å²) in [4.78, 5) is 28.9. The molecule has 1 saturated heterocycles. The molecule has 0 spiro atoms. The normalized spacial score (nSPS) is 15.4. The highest BCUT2D eigenvalue weighted by molar-refractivity contribution is 5.91. The summed E-state index contributed by atoms with van der Waals surface area (Å²) in [5.41, 5.74) is 4.02. The predicted octanol–water partition coefficient (Wildman–Crippen LogP) is 2.33. The number of ether oxygens (including phenoxy) is 1. The molecule has 3 aromatic rings. The zero-order valence-electron chi connectivity index (χ0n) is 16.7. The van der Waals surface area contributed by atoms with Crippen LogP contribution in [0.3, 0.4) is 0 Å². The van der Waals surface area contributed by atoms with Crippen LogP contribution in [0.2, 0.25) is 0 Å². The van der Waals surface area contributed by atoms with Crippen LogP contribution in [0.25, 0.3) is 11.3 Å². The second kappa shape index (κ2) is 7.37. The van der Waals surface area contributed by atoms with Crippen molar-refractivity contribution < 1.29 is 18.7 Å². The van der Waals surface area contributed by atoms with Crippen LogP contribution in [0.15, 0.2) is 47.2 Å². The number of amides is 2. The van der Waals surface area contributed by atoms with Gasteiger partial charge in [0.15, 0.2) is 5.76 Å². The maximum Gasteiger partial charge on any atom is 0.289 e. The Bertz CT molecular complexity index is 1090. The molecule has 0 saturated carbocycles. The number of carbonyl (C=O) groups is 2. The number of rotatable bonds is 3. The Morgan fingerprint density at radius 2 is 1.90 bits per heavy atom. The molecule has 2 aliphatic rings. The Morgan fingerprint density at radius 3 is 2.67 bits per heavy atom. The van der Waals surface area contributed by atoms with Gasteiger partial charge in [-0.25, -0.2) is 0 Å². The van der Waals surface area contributed by atoms with E-state index >= 15 is 0 Å². The maximum atomic E-state index is 12.9. The van der Waals surface area contributed by atoms with Crippen LogP contribution < -0.4 is 4.74 Å². The second-order valence-electron chi connectivity index (χ2n) is 7.61. The Hall–Kier alpha value is -3.55. The first-order chi connectivity index (χ1) is 14.6.